The molecule has 0 saturated heterocycles. The lowest BCUT2D eigenvalue weighted by atomic mass is 10.2. The van der Waals surface area contributed by atoms with Gasteiger partial charge in [0.1, 0.15) is 0 Å². The number of hydrogen-bond acceptors (Lipinski definition) is 3. The summed E-state index contributed by atoms with van der Waals surface area (Å²) in [7, 11) is 0. The fourth-order valence-corrected chi connectivity index (χ4v) is 3.07. The molecule has 2 rings (SSSR count). The zero-order valence-corrected chi connectivity index (χ0v) is 14.2. The number of pyridine rings is 1. The number of nitrogens with one attached hydrogen (secondary N) is 2. The first kappa shape index (κ1) is 16.1. The number of rotatable bonds is 4. The first-order valence-electron chi connectivity index (χ1n) is 6.16. The van der Waals surface area contributed by atoms with Gasteiger partial charge in [0.2, 0.25) is 0 Å². The molecule has 0 radical (unpaired) electrons. The fraction of sp³-hybridized carbons (Fsp3) is 0.143. The fourth-order valence-electron chi connectivity index (χ4n) is 1.76. The SMILES string of the molecule is CCNc1ccncc1C(=O)Nc1c(Cl)cc(Br)cc1Cl. The van der Waals surface area contributed by atoms with Gasteiger partial charge < -0.3 is 10.6 Å². The molecule has 110 valence electrons. The second kappa shape index (κ2) is 7.11. The highest BCUT2D eigenvalue weighted by molar-refractivity contribution is 9.10. The van der Waals surface area contributed by atoms with E-state index in [9.17, 15) is 4.79 Å². The van der Waals surface area contributed by atoms with E-state index in [-0.39, 0.29) is 5.91 Å². The summed E-state index contributed by atoms with van der Waals surface area (Å²) in [5.74, 6) is -0.329. The Labute approximate surface area is 141 Å². The number of carbonyl (C=O) groups excluding carboxylic acids is 1. The number of hydrogen-bond donors (Lipinski definition) is 2. The molecule has 1 aromatic carbocycles. The lowest BCUT2D eigenvalue weighted by molar-refractivity contribution is 0.102. The number of benzene rings is 1. The summed E-state index contributed by atoms with van der Waals surface area (Å²) >= 11 is 15.5. The summed E-state index contributed by atoms with van der Waals surface area (Å²) in [6, 6.07) is 5.07. The van der Waals surface area contributed by atoms with Crippen molar-refractivity contribution in [3.8, 4) is 0 Å². The summed E-state index contributed by atoms with van der Waals surface area (Å²) in [5, 5.41) is 6.54. The maximum absolute atomic E-state index is 12.4. The normalized spacial score (nSPS) is 10.3. The molecular weight excluding hydrogens is 377 g/mol. The van der Waals surface area contributed by atoms with Crippen molar-refractivity contribution >= 4 is 56.4 Å². The number of aromatic nitrogens is 1. The minimum absolute atomic E-state index is 0.329. The van der Waals surface area contributed by atoms with Gasteiger partial charge in [0.15, 0.2) is 0 Å². The first-order valence-corrected chi connectivity index (χ1v) is 7.71. The number of halogens is 3. The van der Waals surface area contributed by atoms with Crippen molar-refractivity contribution in [1.29, 1.82) is 0 Å². The molecule has 1 heterocycles. The van der Waals surface area contributed by atoms with Crippen LogP contribution in [-0.2, 0) is 0 Å². The third-order valence-corrected chi connectivity index (χ3v) is 3.73. The standard InChI is InChI=1S/C14H12BrCl2N3O/c1-2-19-12-3-4-18-7-9(12)14(21)20-13-10(16)5-8(15)6-11(13)17/h3-7H,2H2,1H3,(H,18,19)(H,20,21). The van der Waals surface area contributed by atoms with Crippen LogP contribution in [0, 0.1) is 0 Å². The average molecular weight is 389 g/mol. The first-order chi connectivity index (χ1) is 10.0. The van der Waals surface area contributed by atoms with Gasteiger partial charge in [-0.05, 0) is 25.1 Å². The predicted octanol–water partition coefficient (Wildman–Crippen LogP) is 4.84. The van der Waals surface area contributed by atoms with Gasteiger partial charge in [0.05, 0.1) is 27.0 Å². The molecule has 0 unspecified atom stereocenters. The second-order valence-corrected chi connectivity index (χ2v) is 5.88. The Balaban J connectivity index is 2.31. The van der Waals surface area contributed by atoms with Crippen molar-refractivity contribution in [3.63, 3.8) is 0 Å². The monoisotopic (exact) mass is 387 g/mol. The van der Waals surface area contributed by atoms with Gasteiger partial charge in [-0.25, -0.2) is 0 Å². The minimum Gasteiger partial charge on any atom is -0.385 e. The Morgan fingerprint density at radius 2 is 2.00 bits per heavy atom. The summed E-state index contributed by atoms with van der Waals surface area (Å²) < 4.78 is 0.741. The number of carbonyl (C=O) groups is 1. The highest BCUT2D eigenvalue weighted by atomic mass is 79.9. The molecule has 0 spiro atoms. The quantitative estimate of drug-likeness (QED) is 0.788. The predicted molar refractivity (Wildman–Crippen MR) is 90.5 cm³/mol. The van der Waals surface area contributed by atoms with E-state index in [1.165, 1.54) is 6.20 Å². The van der Waals surface area contributed by atoms with Crippen molar-refractivity contribution in [1.82, 2.24) is 4.98 Å². The maximum atomic E-state index is 12.4. The molecule has 0 aliphatic carbocycles. The van der Waals surface area contributed by atoms with Crippen molar-refractivity contribution in [2.45, 2.75) is 6.92 Å². The van der Waals surface area contributed by atoms with Crippen LogP contribution in [0.3, 0.4) is 0 Å². The number of nitrogens with zero attached hydrogens (tertiary/aromatic N) is 1. The van der Waals surface area contributed by atoms with E-state index in [0.29, 0.717) is 33.5 Å². The third kappa shape index (κ3) is 3.87. The molecule has 0 fully saturated rings. The van der Waals surface area contributed by atoms with Gasteiger partial charge in [-0.3, -0.25) is 9.78 Å². The molecule has 0 bridgehead atoms. The largest absolute Gasteiger partial charge is 0.385 e. The molecular formula is C14H12BrCl2N3O. The van der Waals surface area contributed by atoms with E-state index < -0.39 is 0 Å². The van der Waals surface area contributed by atoms with Crippen LogP contribution >= 0.6 is 39.1 Å². The average Bonchev–Trinajstić information content (AvgIpc) is 2.43. The van der Waals surface area contributed by atoms with Crippen LogP contribution in [0.4, 0.5) is 11.4 Å². The van der Waals surface area contributed by atoms with Crippen LogP contribution in [0.15, 0.2) is 35.1 Å². The van der Waals surface area contributed by atoms with E-state index >= 15 is 0 Å². The van der Waals surface area contributed by atoms with Crippen LogP contribution in [-0.4, -0.2) is 17.4 Å². The number of amides is 1. The van der Waals surface area contributed by atoms with E-state index in [4.69, 9.17) is 23.2 Å². The van der Waals surface area contributed by atoms with Crippen molar-refractivity contribution < 1.29 is 4.79 Å². The molecule has 0 atom stereocenters. The van der Waals surface area contributed by atoms with Crippen LogP contribution in [0.2, 0.25) is 10.0 Å². The minimum atomic E-state index is -0.329. The molecule has 4 nitrogen and oxygen atoms in total. The Morgan fingerprint density at radius 1 is 1.33 bits per heavy atom. The molecule has 0 aliphatic heterocycles. The van der Waals surface area contributed by atoms with Crippen LogP contribution in [0.5, 0.6) is 0 Å². The Morgan fingerprint density at radius 3 is 2.62 bits per heavy atom. The topological polar surface area (TPSA) is 54.0 Å². The van der Waals surface area contributed by atoms with Crippen LogP contribution < -0.4 is 10.6 Å². The Bertz CT molecular complexity index is 656. The second-order valence-electron chi connectivity index (χ2n) is 4.15. The van der Waals surface area contributed by atoms with Gasteiger partial charge in [-0.15, -0.1) is 0 Å². The van der Waals surface area contributed by atoms with E-state index in [1.54, 1.807) is 24.4 Å². The molecule has 7 heteroatoms. The third-order valence-electron chi connectivity index (χ3n) is 2.68. The highest BCUT2D eigenvalue weighted by Gasteiger charge is 2.15. The van der Waals surface area contributed by atoms with Gasteiger partial charge >= 0.3 is 0 Å². The highest BCUT2D eigenvalue weighted by Crippen LogP contribution is 2.34. The molecule has 21 heavy (non-hydrogen) atoms. The van der Waals surface area contributed by atoms with Crippen molar-refractivity contribution in [2.75, 3.05) is 17.2 Å². The zero-order valence-electron chi connectivity index (χ0n) is 11.1. The van der Waals surface area contributed by atoms with Gasteiger partial charge in [0, 0.05) is 23.4 Å². The smallest absolute Gasteiger partial charge is 0.259 e. The molecule has 1 aromatic heterocycles. The summed E-state index contributed by atoms with van der Waals surface area (Å²) in [6.07, 6.45) is 3.11. The Kier molecular flexibility index (Phi) is 5.45. The summed E-state index contributed by atoms with van der Waals surface area (Å²) in [6.45, 7) is 2.65. The molecule has 1 amide bonds. The van der Waals surface area contributed by atoms with E-state index in [2.05, 4.69) is 31.5 Å². The lowest BCUT2D eigenvalue weighted by Gasteiger charge is -2.12. The van der Waals surface area contributed by atoms with E-state index in [0.717, 1.165) is 4.47 Å². The van der Waals surface area contributed by atoms with Crippen molar-refractivity contribution in [2.24, 2.45) is 0 Å². The van der Waals surface area contributed by atoms with Gasteiger partial charge in [-0.2, -0.15) is 0 Å². The molecule has 2 N–H and O–H groups in total. The number of anilines is 2. The maximum Gasteiger partial charge on any atom is 0.259 e. The molecule has 0 saturated carbocycles. The zero-order chi connectivity index (χ0) is 15.4. The molecule has 0 aliphatic rings. The summed E-state index contributed by atoms with van der Waals surface area (Å²) in [4.78, 5) is 16.4. The molecule has 2 aromatic rings. The lowest BCUT2D eigenvalue weighted by Crippen LogP contribution is -2.15. The Hall–Kier alpha value is -1.30. The summed E-state index contributed by atoms with van der Waals surface area (Å²) in [5.41, 5.74) is 1.50. The van der Waals surface area contributed by atoms with Gasteiger partial charge in [0.25, 0.3) is 5.91 Å². The van der Waals surface area contributed by atoms with Crippen molar-refractivity contribution in [3.05, 3.63) is 50.7 Å². The van der Waals surface area contributed by atoms with Crippen LogP contribution in [0.25, 0.3) is 0 Å². The van der Waals surface area contributed by atoms with Gasteiger partial charge in [-0.1, -0.05) is 39.1 Å². The van der Waals surface area contributed by atoms with Crippen LogP contribution in [0.1, 0.15) is 17.3 Å². The van der Waals surface area contributed by atoms with E-state index in [1.807, 2.05) is 6.92 Å².